The molecule has 0 saturated carbocycles. The minimum absolute atomic E-state index is 0.290. The van der Waals surface area contributed by atoms with Crippen molar-refractivity contribution < 1.29 is 9.53 Å². The Hall–Kier alpha value is -0.610. The Morgan fingerprint density at radius 2 is 2.00 bits per heavy atom. The average molecular weight is 242 g/mol. The molecule has 1 heterocycles. The van der Waals surface area contributed by atoms with Crippen molar-refractivity contribution in [1.29, 1.82) is 0 Å². The third-order valence-electron chi connectivity index (χ3n) is 3.56. The molecule has 1 amide bonds. The molecule has 1 aliphatic heterocycles. The zero-order valence-electron chi connectivity index (χ0n) is 11.1. The van der Waals surface area contributed by atoms with Crippen LogP contribution in [0.25, 0.3) is 0 Å². The SMILES string of the molecule is CC(C)(NCCCCC1CCOCC1)C(N)=O. The number of rotatable bonds is 7. The van der Waals surface area contributed by atoms with E-state index in [1.54, 1.807) is 0 Å². The first kappa shape index (κ1) is 14.5. The van der Waals surface area contributed by atoms with E-state index in [1.165, 1.54) is 25.7 Å². The molecule has 0 spiro atoms. The van der Waals surface area contributed by atoms with E-state index >= 15 is 0 Å². The quantitative estimate of drug-likeness (QED) is 0.664. The van der Waals surface area contributed by atoms with E-state index in [2.05, 4.69) is 5.32 Å². The van der Waals surface area contributed by atoms with Crippen LogP contribution in [-0.2, 0) is 9.53 Å². The fourth-order valence-corrected chi connectivity index (χ4v) is 2.08. The molecule has 0 atom stereocenters. The minimum atomic E-state index is -0.585. The zero-order valence-corrected chi connectivity index (χ0v) is 11.1. The molecular weight excluding hydrogens is 216 g/mol. The van der Waals surface area contributed by atoms with Gasteiger partial charge in [-0.05, 0) is 45.6 Å². The van der Waals surface area contributed by atoms with E-state index in [1.807, 2.05) is 13.8 Å². The second-order valence-corrected chi connectivity index (χ2v) is 5.47. The van der Waals surface area contributed by atoms with Crippen molar-refractivity contribution in [3.05, 3.63) is 0 Å². The maximum Gasteiger partial charge on any atom is 0.237 e. The van der Waals surface area contributed by atoms with Crippen LogP contribution in [0.1, 0.15) is 46.0 Å². The minimum Gasteiger partial charge on any atom is -0.381 e. The lowest BCUT2D eigenvalue weighted by Crippen LogP contribution is -2.50. The first-order valence-corrected chi connectivity index (χ1v) is 6.65. The average Bonchev–Trinajstić information content (AvgIpc) is 2.29. The van der Waals surface area contributed by atoms with Crippen LogP contribution in [0.4, 0.5) is 0 Å². The summed E-state index contributed by atoms with van der Waals surface area (Å²) < 4.78 is 5.33. The number of unbranched alkanes of at least 4 members (excludes halogenated alkanes) is 1. The number of nitrogens with two attached hydrogens (primary N) is 1. The molecule has 0 unspecified atom stereocenters. The highest BCUT2D eigenvalue weighted by molar-refractivity contribution is 5.83. The van der Waals surface area contributed by atoms with Crippen LogP contribution < -0.4 is 11.1 Å². The number of hydrogen-bond donors (Lipinski definition) is 2. The monoisotopic (exact) mass is 242 g/mol. The van der Waals surface area contributed by atoms with E-state index in [0.717, 1.165) is 32.1 Å². The number of primary amides is 1. The number of ether oxygens (including phenoxy) is 1. The Balaban J connectivity index is 2.02. The Bertz CT molecular complexity index is 236. The van der Waals surface area contributed by atoms with Crippen LogP contribution in [0.5, 0.6) is 0 Å². The zero-order chi connectivity index (χ0) is 12.7. The summed E-state index contributed by atoms with van der Waals surface area (Å²) in [6, 6.07) is 0. The highest BCUT2D eigenvalue weighted by atomic mass is 16.5. The van der Waals surface area contributed by atoms with Crippen molar-refractivity contribution in [3.63, 3.8) is 0 Å². The molecule has 17 heavy (non-hydrogen) atoms. The van der Waals surface area contributed by atoms with Gasteiger partial charge in [-0.25, -0.2) is 0 Å². The van der Waals surface area contributed by atoms with Gasteiger partial charge in [0.25, 0.3) is 0 Å². The van der Waals surface area contributed by atoms with Crippen LogP contribution >= 0.6 is 0 Å². The fourth-order valence-electron chi connectivity index (χ4n) is 2.08. The number of amides is 1. The predicted molar refractivity (Wildman–Crippen MR) is 68.7 cm³/mol. The van der Waals surface area contributed by atoms with Gasteiger partial charge in [-0.15, -0.1) is 0 Å². The largest absolute Gasteiger partial charge is 0.381 e. The Morgan fingerprint density at radius 3 is 2.59 bits per heavy atom. The smallest absolute Gasteiger partial charge is 0.237 e. The van der Waals surface area contributed by atoms with Gasteiger partial charge in [-0.2, -0.15) is 0 Å². The lowest BCUT2D eigenvalue weighted by atomic mass is 9.94. The summed E-state index contributed by atoms with van der Waals surface area (Å²) in [6.07, 6.45) is 6.02. The van der Waals surface area contributed by atoms with Gasteiger partial charge >= 0.3 is 0 Å². The van der Waals surface area contributed by atoms with Crippen molar-refractivity contribution in [2.75, 3.05) is 19.8 Å². The van der Waals surface area contributed by atoms with Gasteiger partial charge in [0, 0.05) is 13.2 Å². The van der Waals surface area contributed by atoms with Crippen LogP contribution in [0, 0.1) is 5.92 Å². The molecule has 100 valence electrons. The van der Waals surface area contributed by atoms with Gasteiger partial charge in [-0.1, -0.05) is 12.8 Å². The topological polar surface area (TPSA) is 64.3 Å². The summed E-state index contributed by atoms with van der Waals surface area (Å²) >= 11 is 0. The predicted octanol–water partition coefficient (Wildman–Crippen LogP) is 1.44. The molecule has 0 aromatic carbocycles. The Kier molecular flexibility index (Phi) is 5.92. The lowest BCUT2D eigenvalue weighted by Gasteiger charge is -2.23. The molecule has 0 aromatic heterocycles. The molecular formula is C13H26N2O2. The van der Waals surface area contributed by atoms with Gasteiger partial charge in [-0.3, -0.25) is 4.79 Å². The van der Waals surface area contributed by atoms with Crippen molar-refractivity contribution in [2.24, 2.45) is 11.7 Å². The summed E-state index contributed by atoms with van der Waals surface area (Å²) in [5.74, 6) is 0.551. The molecule has 1 saturated heterocycles. The summed E-state index contributed by atoms with van der Waals surface area (Å²) in [5, 5.41) is 3.20. The third kappa shape index (κ3) is 5.50. The number of hydrogen-bond acceptors (Lipinski definition) is 3. The number of carbonyl (C=O) groups is 1. The Labute approximate surface area is 104 Å². The van der Waals surface area contributed by atoms with E-state index in [9.17, 15) is 4.79 Å². The normalized spacial score (nSPS) is 18.2. The summed E-state index contributed by atoms with van der Waals surface area (Å²) in [6.45, 7) is 6.37. The summed E-state index contributed by atoms with van der Waals surface area (Å²) in [4.78, 5) is 11.1. The molecule has 3 N–H and O–H groups in total. The van der Waals surface area contributed by atoms with E-state index in [0.29, 0.717) is 0 Å². The van der Waals surface area contributed by atoms with Crippen molar-refractivity contribution in [2.45, 2.75) is 51.5 Å². The third-order valence-corrected chi connectivity index (χ3v) is 3.56. The molecule has 1 rings (SSSR count). The van der Waals surface area contributed by atoms with Crippen LogP contribution in [-0.4, -0.2) is 31.2 Å². The maximum absolute atomic E-state index is 11.1. The first-order valence-electron chi connectivity index (χ1n) is 6.65. The van der Waals surface area contributed by atoms with E-state index < -0.39 is 5.54 Å². The highest BCUT2D eigenvalue weighted by Crippen LogP contribution is 2.20. The van der Waals surface area contributed by atoms with Gasteiger partial charge in [0.2, 0.25) is 5.91 Å². The van der Waals surface area contributed by atoms with Gasteiger partial charge in [0.1, 0.15) is 0 Å². The molecule has 0 radical (unpaired) electrons. The standard InChI is InChI=1S/C13H26N2O2/c1-13(2,12(14)16)15-8-4-3-5-11-6-9-17-10-7-11/h11,15H,3-10H2,1-2H3,(H2,14,16). The molecule has 0 aliphatic carbocycles. The van der Waals surface area contributed by atoms with Crippen LogP contribution in [0.2, 0.25) is 0 Å². The maximum atomic E-state index is 11.1. The molecule has 1 aliphatic rings. The Morgan fingerprint density at radius 1 is 1.35 bits per heavy atom. The van der Waals surface area contributed by atoms with Gasteiger partial charge < -0.3 is 15.8 Å². The molecule has 0 bridgehead atoms. The second-order valence-electron chi connectivity index (χ2n) is 5.47. The van der Waals surface area contributed by atoms with Crippen molar-refractivity contribution >= 4 is 5.91 Å². The number of carbonyl (C=O) groups excluding carboxylic acids is 1. The lowest BCUT2D eigenvalue weighted by molar-refractivity contribution is -0.123. The first-order chi connectivity index (χ1) is 8.02. The summed E-state index contributed by atoms with van der Waals surface area (Å²) in [7, 11) is 0. The van der Waals surface area contributed by atoms with E-state index in [-0.39, 0.29) is 5.91 Å². The highest BCUT2D eigenvalue weighted by Gasteiger charge is 2.23. The molecule has 1 fully saturated rings. The van der Waals surface area contributed by atoms with Crippen LogP contribution in [0.3, 0.4) is 0 Å². The van der Waals surface area contributed by atoms with Crippen molar-refractivity contribution in [1.82, 2.24) is 5.32 Å². The second kappa shape index (κ2) is 6.97. The molecule has 4 heteroatoms. The van der Waals surface area contributed by atoms with E-state index in [4.69, 9.17) is 10.5 Å². The summed E-state index contributed by atoms with van der Waals surface area (Å²) in [5.41, 5.74) is 4.70. The van der Waals surface area contributed by atoms with Gasteiger partial charge in [0.05, 0.1) is 5.54 Å². The molecule has 0 aromatic rings. The number of nitrogens with one attached hydrogen (secondary N) is 1. The van der Waals surface area contributed by atoms with Gasteiger partial charge in [0.15, 0.2) is 0 Å². The fraction of sp³-hybridized carbons (Fsp3) is 0.923. The van der Waals surface area contributed by atoms with Crippen molar-refractivity contribution in [3.8, 4) is 0 Å². The van der Waals surface area contributed by atoms with Crippen LogP contribution in [0.15, 0.2) is 0 Å². The molecule has 4 nitrogen and oxygen atoms in total.